The van der Waals surface area contributed by atoms with E-state index in [0.717, 1.165) is 23.6 Å². The Kier molecular flexibility index (Phi) is 4.78. The van der Waals surface area contributed by atoms with Crippen molar-refractivity contribution in [3.63, 3.8) is 0 Å². The van der Waals surface area contributed by atoms with Crippen molar-refractivity contribution in [3.8, 4) is 11.5 Å². The van der Waals surface area contributed by atoms with E-state index >= 15 is 0 Å². The smallest absolute Gasteiger partial charge is 0.127 e. The lowest BCUT2D eigenvalue weighted by Gasteiger charge is -2.11. The fraction of sp³-hybridized carbons (Fsp3) is 0.200. The molecule has 0 aromatic heterocycles. The highest BCUT2D eigenvalue weighted by Crippen LogP contribution is 2.22. The summed E-state index contributed by atoms with van der Waals surface area (Å²) in [7, 11) is 2.54. The first-order valence-corrected chi connectivity index (χ1v) is 6.83. The zero-order valence-electron chi connectivity index (χ0n) is 11.0. The summed E-state index contributed by atoms with van der Waals surface area (Å²) in [6, 6.07) is 16.0. The van der Waals surface area contributed by atoms with E-state index in [9.17, 15) is 0 Å². The molecule has 0 aliphatic carbocycles. The lowest BCUT2D eigenvalue weighted by Crippen LogP contribution is -2.18. The zero-order chi connectivity index (χ0) is 13.7. The van der Waals surface area contributed by atoms with Crippen LogP contribution in [0.3, 0.4) is 0 Å². The lowest BCUT2D eigenvalue weighted by molar-refractivity contribution is 0.482. The second-order valence-corrected chi connectivity index (χ2v) is 4.92. The molecule has 0 fully saturated rings. The Morgan fingerprint density at radius 3 is 2.11 bits per heavy atom. The minimum atomic E-state index is 0.439. The van der Waals surface area contributed by atoms with Crippen molar-refractivity contribution in [2.24, 2.45) is 0 Å². The van der Waals surface area contributed by atoms with Crippen LogP contribution in [0.4, 0.5) is 5.69 Å². The maximum Gasteiger partial charge on any atom is 0.127 e. The molecule has 0 radical (unpaired) electrons. The summed E-state index contributed by atoms with van der Waals surface area (Å²) in [5, 5.41) is 3.15. The molecule has 0 amide bonds. The molecule has 2 rings (SSSR count). The molecular weight excluding hydrogens is 255 g/mol. The van der Waals surface area contributed by atoms with Crippen LogP contribution >= 0.6 is 9.39 Å². The van der Waals surface area contributed by atoms with Gasteiger partial charge >= 0.3 is 0 Å². The Balaban J connectivity index is 2.00. The van der Waals surface area contributed by atoms with Crippen LogP contribution < -0.4 is 15.6 Å². The Morgan fingerprint density at radius 1 is 1.05 bits per heavy atom. The van der Waals surface area contributed by atoms with Gasteiger partial charge in [0.15, 0.2) is 0 Å². The van der Waals surface area contributed by atoms with Crippen LogP contribution in [0.15, 0.2) is 48.5 Å². The summed E-state index contributed by atoms with van der Waals surface area (Å²) >= 11 is 0. The largest absolute Gasteiger partial charge is 0.457 e. The molecule has 0 spiro atoms. The van der Waals surface area contributed by atoms with Crippen molar-refractivity contribution in [2.45, 2.75) is 19.4 Å². The molecule has 0 heterocycles. The van der Waals surface area contributed by atoms with Gasteiger partial charge in [-0.1, -0.05) is 21.5 Å². The highest BCUT2D eigenvalue weighted by molar-refractivity contribution is 7.13. The predicted molar refractivity (Wildman–Crippen MR) is 83.4 cm³/mol. The average molecular weight is 274 g/mol. The maximum atomic E-state index is 5.74. The Labute approximate surface area is 116 Å². The van der Waals surface area contributed by atoms with Gasteiger partial charge in [-0.15, -0.1) is 0 Å². The van der Waals surface area contributed by atoms with Crippen LogP contribution in [0.2, 0.25) is 0 Å². The fourth-order valence-corrected chi connectivity index (χ4v) is 1.90. The van der Waals surface area contributed by atoms with Gasteiger partial charge in [0.05, 0.1) is 0 Å². The Bertz CT molecular complexity index is 511. The molecular formula is C15H19N2OP. The van der Waals surface area contributed by atoms with E-state index in [2.05, 4.69) is 33.5 Å². The number of anilines is 1. The number of nitrogens with two attached hydrogens (primary N) is 1. The second kappa shape index (κ2) is 6.55. The summed E-state index contributed by atoms with van der Waals surface area (Å²) in [6.45, 7) is 2.14. The Morgan fingerprint density at radius 2 is 1.58 bits per heavy atom. The molecule has 0 saturated heterocycles. The molecule has 0 aliphatic rings. The van der Waals surface area contributed by atoms with E-state index in [-0.39, 0.29) is 0 Å². The predicted octanol–water partition coefficient (Wildman–Crippen LogP) is 3.37. The van der Waals surface area contributed by atoms with Crippen LogP contribution in [-0.2, 0) is 6.42 Å². The number of nitrogen functional groups attached to an aromatic ring is 1. The number of ether oxygens (including phenoxy) is 1. The minimum Gasteiger partial charge on any atom is -0.457 e. The summed E-state index contributed by atoms with van der Waals surface area (Å²) in [5.41, 5.74) is 7.66. The number of rotatable bonds is 5. The van der Waals surface area contributed by atoms with E-state index < -0.39 is 0 Å². The molecule has 100 valence electrons. The second-order valence-electron chi connectivity index (χ2n) is 4.59. The van der Waals surface area contributed by atoms with Crippen LogP contribution in [0, 0.1) is 0 Å². The fourth-order valence-electron chi connectivity index (χ4n) is 1.78. The quantitative estimate of drug-likeness (QED) is 0.649. The van der Waals surface area contributed by atoms with E-state index in [1.807, 2.05) is 36.4 Å². The van der Waals surface area contributed by atoms with Gasteiger partial charge in [0.2, 0.25) is 0 Å². The first kappa shape index (κ1) is 13.9. The van der Waals surface area contributed by atoms with Crippen LogP contribution in [-0.4, -0.2) is 6.04 Å². The molecule has 19 heavy (non-hydrogen) atoms. The highest BCUT2D eigenvalue weighted by atomic mass is 31.0. The molecule has 0 aliphatic heterocycles. The average Bonchev–Trinajstić information content (AvgIpc) is 2.43. The van der Waals surface area contributed by atoms with Crippen molar-refractivity contribution in [3.05, 3.63) is 54.1 Å². The van der Waals surface area contributed by atoms with Gasteiger partial charge in [0, 0.05) is 11.7 Å². The molecule has 2 aromatic carbocycles. The standard InChI is InChI=1S/C15H19N2OP/c1-11(17-19)10-12-2-6-14(7-3-12)18-15-8-4-13(16)5-9-15/h2-9,11,17H,10,16,19H2,1H3. The topological polar surface area (TPSA) is 47.3 Å². The number of hydrogen-bond acceptors (Lipinski definition) is 3. The Hall–Kier alpha value is -1.57. The lowest BCUT2D eigenvalue weighted by atomic mass is 10.1. The summed E-state index contributed by atoms with van der Waals surface area (Å²) in [5.74, 6) is 1.63. The first-order chi connectivity index (χ1) is 9.17. The van der Waals surface area contributed by atoms with E-state index in [1.54, 1.807) is 0 Å². The van der Waals surface area contributed by atoms with E-state index in [0.29, 0.717) is 6.04 Å². The van der Waals surface area contributed by atoms with E-state index in [1.165, 1.54) is 5.56 Å². The SMILES string of the molecule is CC(Cc1ccc(Oc2ccc(N)cc2)cc1)NP. The van der Waals surface area contributed by atoms with Crippen molar-refractivity contribution < 1.29 is 4.74 Å². The maximum absolute atomic E-state index is 5.74. The summed E-state index contributed by atoms with van der Waals surface area (Å²) in [4.78, 5) is 0. The van der Waals surface area contributed by atoms with Crippen LogP contribution in [0.25, 0.3) is 0 Å². The first-order valence-electron chi connectivity index (χ1n) is 6.26. The third-order valence-electron chi connectivity index (χ3n) is 2.87. The van der Waals surface area contributed by atoms with Gasteiger partial charge in [0.1, 0.15) is 11.5 Å². The third kappa shape index (κ3) is 4.23. The van der Waals surface area contributed by atoms with Crippen molar-refractivity contribution >= 4 is 15.1 Å². The van der Waals surface area contributed by atoms with Crippen LogP contribution in [0.1, 0.15) is 12.5 Å². The van der Waals surface area contributed by atoms with Gasteiger partial charge in [-0.3, -0.25) is 5.09 Å². The molecule has 3 nitrogen and oxygen atoms in total. The monoisotopic (exact) mass is 274 g/mol. The van der Waals surface area contributed by atoms with Gasteiger partial charge in [-0.2, -0.15) is 0 Å². The highest BCUT2D eigenvalue weighted by Gasteiger charge is 2.02. The van der Waals surface area contributed by atoms with Gasteiger partial charge in [-0.25, -0.2) is 0 Å². The van der Waals surface area contributed by atoms with Crippen molar-refractivity contribution in [1.82, 2.24) is 5.09 Å². The molecule has 0 bridgehead atoms. The van der Waals surface area contributed by atoms with Crippen molar-refractivity contribution in [2.75, 3.05) is 5.73 Å². The molecule has 4 heteroatoms. The normalized spacial score (nSPS) is 12.1. The van der Waals surface area contributed by atoms with Gasteiger partial charge < -0.3 is 10.5 Å². The number of benzene rings is 2. The van der Waals surface area contributed by atoms with Crippen LogP contribution in [0.5, 0.6) is 11.5 Å². The van der Waals surface area contributed by atoms with Crippen molar-refractivity contribution in [1.29, 1.82) is 0 Å². The zero-order valence-corrected chi connectivity index (χ0v) is 12.1. The number of hydrogen-bond donors (Lipinski definition) is 2. The third-order valence-corrected chi connectivity index (χ3v) is 3.43. The van der Waals surface area contributed by atoms with E-state index in [4.69, 9.17) is 10.5 Å². The molecule has 2 atom stereocenters. The van der Waals surface area contributed by atoms with Gasteiger partial charge in [-0.05, 0) is 55.3 Å². The molecule has 0 saturated carbocycles. The van der Waals surface area contributed by atoms with Gasteiger partial charge in [0.25, 0.3) is 0 Å². The summed E-state index contributed by atoms with van der Waals surface area (Å²) < 4.78 is 5.74. The molecule has 2 aromatic rings. The molecule has 3 N–H and O–H groups in total. The molecule has 2 unspecified atom stereocenters. The minimum absolute atomic E-state index is 0.439. The number of nitrogens with one attached hydrogen (secondary N) is 1. The summed E-state index contributed by atoms with van der Waals surface area (Å²) in [6.07, 6.45) is 0.992.